The van der Waals surface area contributed by atoms with Crippen molar-refractivity contribution in [1.82, 2.24) is 0 Å². The standard InChI is InChI=1S/C11H13NO/c1-4-10-5-8(2)11(12-7-13)9(3)6-10/h5-6H,4H2,1-3H3. The van der Waals surface area contributed by atoms with Crippen LogP contribution in [0.3, 0.4) is 0 Å². The Morgan fingerprint density at radius 3 is 2.23 bits per heavy atom. The average Bonchev–Trinajstić information content (AvgIpc) is 2.11. The van der Waals surface area contributed by atoms with Gasteiger partial charge in [-0.05, 0) is 37.0 Å². The minimum atomic E-state index is 0.757. The summed E-state index contributed by atoms with van der Waals surface area (Å²) in [4.78, 5) is 13.8. The summed E-state index contributed by atoms with van der Waals surface area (Å²) in [6, 6.07) is 4.12. The summed E-state index contributed by atoms with van der Waals surface area (Å²) in [7, 11) is 0. The number of hydrogen-bond donors (Lipinski definition) is 0. The van der Waals surface area contributed by atoms with Crippen LogP contribution in [0.4, 0.5) is 5.69 Å². The van der Waals surface area contributed by atoms with Gasteiger partial charge in [0.1, 0.15) is 0 Å². The second-order valence-corrected chi connectivity index (χ2v) is 3.13. The van der Waals surface area contributed by atoms with Crippen LogP contribution in [-0.2, 0) is 11.2 Å². The molecule has 0 radical (unpaired) electrons. The van der Waals surface area contributed by atoms with Crippen molar-refractivity contribution in [2.45, 2.75) is 27.2 Å². The van der Waals surface area contributed by atoms with Crippen LogP contribution in [-0.4, -0.2) is 6.08 Å². The van der Waals surface area contributed by atoms with Gasteiger partial charge in [0.2, 0.25) is 6.08 Å². The molecule has 0 N–H and O–H groups in total. The third-order valence-electron chi connectivity index (χ3n) is 2.12. The molecule has 1 aromatic rings. The molecule has 0 fully saturated rings. The minimum absolute atomic E-state index is 0.757. The maximum atomic E-state index is 10.1. The molecule has 0 aromatic heterocycles. The Balaban J connectivity index is 3.30. The monoisotopic (exact) mass is 175 g/mol. The average molecular weight is 175 g/mol. The summed E-state index contributed by atoms with van der Waals surface area (Å²) in [5, 5.41) is 0. The van der Waals surface area contributed by atoms with Crippen LogP contribution in [0.2, 0.25) is 0 Å². The highest BCUT2D eigenvalue weighted by Gasteiger charge is 2.02. The van der Waals surface area contributed by atoms with E-state index in [0.717, 1.165) is 23.2 Å². The van der Waals surface area contributed by atoms with Crippen molar-refractivity contribution in [3.8, 4) is 0 Å². The normalized spacial score (nSPS) is 9.46. The SMILES string of the molecule is CCc1cc(C)c(N=C=O)c(C)c1. The van der Waals surface area contributed by atoms with Gasteiger partial charge in [0, 0.05) is 0 Å². The van der Waals surface area contributed by atoms with Crippen molar-refractivity contribution in [2.24, 2.45) is 4.99 Å². The van der Waals surface area contributed by atoms with Gasteiger partial charge in [-0.2, -0.15) is 4.99 Å². The number of rotatable bonds is 2. The predicted octanol–water partition coefficient (Wildman–Crippen LogP) is 2.83. The van der Waals surface area contributed by atoms with E-state index in [1.165, 1.54) is 5.56 Å². The molecule has 0 spiro atoms. The number of nitrogens with zero attached hydrogens (tertiary/aromatic N) is 1. The van der Waals surface area contributed by atoms with Crippen LogP contribution >= 0.6 is 0 Å². The van der Waals surface area contributed by atoms with Crippen molar-refractivity contribution >= 4 is 11.8 Å². The van der Waals surface area contributed by atoms with Gasteiger partial charge >= 0.3 is 0 Å². The van der Waals surface area contributed by atoms with E-state index in [0.29, 0.717) is 0 Å². The van der Waals surface area contributed by atoms with Gasteiger partial charge in [-0.1, -0.05) is 19.1 Å². The van der Waals surface area contributed by atoms with Gasteiger partial charge in [-0.15, -0.1) is 0 Å². The number of carbonyl (C=O) groups excluding carboxylic acids is 1. The molecule has 68 valence electrons. The molecule has 0 amide bonds. The summed E-state index contributed by atoms with van der Waals surface area (Å²) in [6.07, 6.45) is 2.58. The van der Waals surface area contributed by atoms with E-state index in [1.54, 1.807) is 6.08 Å². The van der Waals surface area contributed by atoms with Gasteiger partial charge in [0.05, 0.1) is 5.69 Å². The number of hydrogen-bond acceptors (Lipinski definition) is 2. The molecule has 1 rings (SSSR count). The Bertz CT molecular complexity index is 339. The Hall–Kier alpha value is -1.40. The Labute approximate surface area is 78.3 Å². The molecule has 1 aromatic carbocycles. The lowest BCUT2D eigenvalue weighted by Crippen LogP contribution is -1.86. The first kappa shape index (κ1) is 9.69. The van der Waals surface area contributed by atoms with E-state index in [4.69, 9.17) is 0 Å². The van der Waals surface area contributed by atoms with Crippen LogP contribution in [0.15, 0.2) is 17.1 Å². The molecule has 0 aliphatic carbocycles. The maximum absolute atomic E-state index is 10.1. The van der Waals surface area contributed by atoms with Crippen molar-refractivity contribution in [3.05, 3.63) is 28.8 Å². The Kier molecular flexibility index (Phi) is 2.99. The van der Waals surface area contributed by atoms with Crippen molar-refractivity contribution in [3.63, 3.8) is 0 Å². The zero-order valence-corrected chi connectivity index (χ0v) is 8.22. The van der Waals surface area contributed by atoms with E-state index in [2.05, 4.69) is 24.0 Å². The lowest BCUT2D eigenvalue weighted by Gasteiger charge is -2.05. The summed E-state index contributed by atoms with van der Waals surface area (Å²) < 4.78 is 0. The fourth-order valence-electron chi connectivity index (χ4n) is 1.47. The predicted molar refractivity (Wildman–Crippen MR) is 53.1 cm³/mol. The van der Waals surface area contributed by atoms with Crippen molar-refractivity contribution < 1.29 is 4.79 Å². The molecule has 0 aliphatic rings. The summed E-state index contributed by atoms with van der Waals surface area (Å²) >= 11 is 0. The zero-order chi connectivity index (χ0) is 9.84. The van der Waals surface area contributed by atoms with E-state index in [-0.39, 0.29) is 0 Å². The number of aryl methyl sites for hydroxylation is 3. The number of aliphatic imine (C=N–C) groups is 1. The molecule has 0 bridgehead atoms. The van der Waals surface area contributed by atoms with Crippen LogP contribution in [0.5, 0.6) is 0 Å². The summed E-state index contributed by atoms with van der Waals surface area (Å²) in [6.45, 7) is 6.03. The highest BCUT2D eigenvalue weighted by molar-refractivity contribution is 5.59. The van der Waals surface area contributed by atoms with E-state index in [9.17, 15) is 4.79 Å². The summed E-state index contributed by atoms with van der Waals surface area (Å²) in [5.74, 6) is 0. The fraction of sp³-hybridized carbons (Fsp3) is 0.364. The first-order valence-corrected chi connectivity index (χ1v) is 4.37. The van der Waals surface area contributed by atoms with E-state index in [1.807, 2.05) is 13.8 Å². The van der Waals surface area contributed by atoms with E-state index < -0.39 is 0 Å². The van der Waals surface area contributed by atoms with Gasteiger partial charge < -0.3 is 0 Å². The van der Waals surface area contributed by atoms with Crippen molar-refractivity contribution in [1.29, 1.82) is 0 Å². The lowest BCUT2D eigenvalue weighted by atomic mass is 10.0. The smallest absolute Gasteiger partial charge is 0.211 e. The quantitative estimate of drug-likeness (QED) is 0.502. The molecule has 0 saturated carbocycles. The fourth-order valence-corrected chi connectivity index (χ4v) is 1.47. The zero-order valence-electron chi connectivity index (χ0n) is 8.22. The molecule has 0 heterocycles. The van der Waals surface area contributed by atoms with Crippen LogP contribution in [0, 0.1) is 13.8 Å². The van der Waals surface area contributed by atoms with Crippen LogP contribution < -0.4 is 0 Å². The molecule has 0 aliphatic heterocycles. The maximum Gasteiger partial charge on any atom is 0.240 e. The lowest BCUT2D eigenvalue weighted by molar-refractivity contribution is 0.565. The highest BCUT2D eigenvalue weighted by atomic mass is 16.1. The first-order chi connectivity index (χ1) is 6.19. The second-order valence-electron chi connectivity index (χ2n) is 3.13. The van der Waals surface area contributed by atoms with Gasteiger partial charge in [0.25, 0.3) is 0 Å². The number of benzene rings is 1. The van der Waals surface area contributed by atoms with Crippen LogP contribution in [0.1, 0.15) is 23.6 Å². The first-order valence-electron chi connectivity index (χ1n) is 4.37. The summed E-state index contributed by atoms with van der Waals surface area (Å²) in [5.41, 5.74) is 4.12. The van der Waals surface area contributed by atoms with Gasteiger partial charge in [0.15, 0.2) is 0 Å². The molecule has 2 heteroatoms. The molecule has 0 unspecified atom stereocenters. The van der Waals surface area contributed by atoms with Gasteiger partial charge in [-0.3, -0.25) is 0 Å². The van der Waals surface area contributed by atoms with Crippen LogP contribution in [0.25, 0.3) is 0 Å². The number of isocyanates is 1. The Morgan fingerprint density at radius 1 is 1.31 bits per heavy atom. The molecule has 13 heavy (non-hydrogen) atoms. The third-order valence-corrected chi connectivity index (χ3v) is 2.12. The van der Waals surface area contributed by atoms with E-state index >= 15 is 0 Å². The molecule has 0 saturated heterocycles. The molecule has 2 nitrogen and oxygen atoms in total. The minimum Gasteiger partial charge on any atom is -0.211 e. The second kappa shape index (κ2) is 4.01. The topological polar surface area (TPSA) is 29.4 Å². The van der Waals surface area contributed by atoms with Gasteiger partial charge in [-0.25, -0.2) is 4.79 Å². The third kappa shape index (κ3) is 2.04. The molecule has 0 atom stereocenters. The Morgan fingerprint density at radius 2 is 1.85 bits per heavy atom. The molecular weight excluding hydrogens is 162 g/mol. The molecular formula is C11H13NO. The highest BCUT2D eigenvalue weighted by Crippen LogP contribution is 2.24. The van der Waals surface area contributed by atoms with Crippen molar-refractivity contribution in [2.75, 3.05) is 0 Å². The largest absolute Gasteiger partial charge is 0.240 e.